The zero-order valence-electron chi connectivity index (χ0n) is 13.2. The zero-order chi connectivity index (χ0) is 15.5. The molecule has 0 aromatic heterocycles. The van der Waals surface area contributed by atoms with Crippen molar-refractivity contribution in [3.8, 4) is 0 Å². The van der Waals surface area contributed by atoms with Gasteiger partial charge in [0.05, 0.1) is 6.04 Å². The predicted molar refractivity (Wildman–Crippen MR) is 81.0 cm³/mol. The molecule has 3 unspecified atom stereocenters. The lowest BCUT2D eigenvalue weighted by molar-refractivity contribution is -0.148. The van der Waals surface area contributed by atoms with E-state index in [0.29, 0.717) is 24.8 Å². The molecule has 3 atom stereocenters. The third kappa shape index (κ3) is 3.39. The largest absolute Gasteiger partial charge is 0.480 e. The van der Waals surface area contributed by atoms with E-state index < -0.39 is 11.5 Å². The maximum absolute atomic E-state index is 12.5. The molecule has 3 N–H and O–H groups in total. The molecule has 1 aliphatic carbocycles. The maximum atomic E-state index is 12.5. The number of carbonyl (C=O) groups excluding carboxylic acids is 1. The number of carbonyl (C=O) groups is 2. The van der Waals surface area contributed by atoms with Gasteiger partial charge >= 0.3 is 5.97 Å². The van der Waals surface area contributed by atoms with Crippen LogP contribution in [0.5, 0.6) is 0 Å². The van der Waals surface area contributed by atoms with Crippen molar-refractivity contribution in [2.24, 2.45) is 5.92 Å². The van der Waals surface area contributed by atoms with Crippen LogP contribution in [0.2, 0.25) is 0 Å². The van der Waals surface area contributed by atoms with Gasteiger partial charge in [0.15, 0.2) is 0 Å². The molecule has 0 radical (unpaired) electrons. The summed E-state index contributed by atoms with van der Waals surface area (Å²) in [6, 6.07) is 0.201. The van der Waals surface area contributed by atoms with Gasteiger partial charge in [0.1, 0.15) is 5.54 Å². The highest BCUT2D eigenvalue weighted by molar-refractivity contribution is 5.89. The molecular weight excluding hydrogens is 268 g/mol. The third-order valence-corrected chi connectivity index (χ3v) is 5.45. The van der Waals surface area contributed by atoms with E-state index in [1.807, 2.05) is 13.8 Å². The molecule has 0 aromatic rings. The van der Waals surface area contributed by atoms with Crippen LogP contribution in [0.25, 0.3) is 0 Å². The van der Waals surface area contributed by atoms with Crippen molar-refractivity contribution >= 4 is 11.9 Å². The molecule has 1 heterocycles. The smallest absolute Gasteiger partial charge is 0.329 e. The molecule has 1 saturated heterocycles. The van der Waals surface area contributed by atoms with Crippen molar-refractivity contribution in [2.75, 3.05) is 0 Å². The molecule has 1 amide bonds. The van der Waals surface area contributed by atoms with Crippen LogP contribution in [0, 0.1) is 5.92 Å². The molecule has 1 saturated carbocycles. The normalized spacial score (nSPS) is 29.5. The number of hydrogen-bond donors (Lipinski definition) is 3. The van der Waals surface area contributed by atoms with E-state index in [-0.39, 0.29) is 11.9 Å². The summed E-state index contributed by atoms with van der Waals surface area (Å²) in [5, 5.41) is 15.7. The Hall–Kier alpha value is -1.10. The standard InChI is InChI=1S/C16H28N2O3/c1-3-16(4-2,15(20)21)18-14(19)13-10-9-11-7-5-6-8-12(11)17-13/h11-13,17H,3-10H2,1-2H3,(H,18,19)(H,20,21). The quantitative estimate of drug-likeness (QED) is 0.725. The van der Waals surface area contributed by atoms with Gasteiger partial charge in [-0.3, -0.25) is 4.79 Å². The predicted octanol–water partition coefficient (Wildman–Crippen LogP) is 2.06. The van der Waals surface area contributed by atoms with Crippen LogP contribution in [0.1, 0.15) is 65.2 Å². The number of hydrogen-bond acceptors (Lipinski definition) is 3. The minimum atomic E-state index is -1.12. The van der Waals surface area contributed by atoms with Gasteiger partial charge in [0, 0.05) is 6.04 Å². The van der Waals surface area contributed by atoms with Gasteiger partial charge in [-0.1, -0.05) is 26.7 Å². The molecule has 21 heavy (non-hydrogen) atoms. The van der Waals surface area contributed by atoms with Crippen LogP contribution in [0.15, 0.2) is 0 Å². The Bertz CT molecular complexity index is 393. The number of fused-ring (bicyclic) bond motifs is 1. The summed E-state index contributed by atoms with van der Waals surface area (Å²) in [6.45, 7) is 3.62. The highest BCUT2D eigenvalue weighted by Gasteiger charge is 2.40. The molecule has 5 nitrogen and oxygen atoms in total. The van der Waals surface area contributed by atoms with E-state index in [1.54, 1.807) is 0 Å². The summed E-state index contributed by atoms with van der Waals surface area (Å²) in [7, 11) is 0. The van der Waals surface area contributed by atoms with Crippen molar-refractivity contribution in [2.45, 2.75) is 82.8 Å². The van der Waals surface area contributed by atoms with Gasteiger partial charge in [0.2, 0.25) is 5.91 Å². The van der Waals surface area contributed by atoms with E-state index >= 15 is 0 Å². The maximum Gasteiger partial charge on any atom is 0.329 e. The third-order valence-electron chi connectivity index (χ3n) is 5.45. The molecule has 2 fully saturated rings. The molecule has 0 aromatic carbocycles. The molecule has 120 valence electrons. The Morgan fingerprint density at radius 1 is 1.14 bits per heavy atom. The first-order valence-corrected chi connectivity index (χ1v) is 8.34. The molecule has 0 spiro atoms. The zero-order valence-corrected chi connectivity index (χ0v) is 13.2. The first-order chi connectivity index (χ1) is 10.0. The van der Waals surface area contributed by atoms with Crippen LogP contribution in [-0.2, 0) is 9.59 Å². The summed E-state index contributed by atoms with van der Waals surface area (Å²) < 4.78 is 0. The SMILES string of the molecule is CCC(CC)(NC(=O)C1CCC2CCCCC2N1)C(=O)O. The van der Waals surface area contributed by atoms with Crippen molar-refractivity contribution in [1.29, 1.82) is 0 Å². The highest BCUT2D eigenvalue weighted by Crippen LogP contribution is 2.32. The summed E-state index contributed by atoms with van der Waals surface area (Å²) in [5.41, 5.74) is -1.12. The van der Waals surface area contributed by atoms with Gasteiger partial charge in [0.25, 0.3) is 0 Å². The van der Waals surface area contributed by atoms with Crippen molar-refractivity contribution < 1.29 is 14.7 Å². The van der Waals surface area contributed by atoms with E-state index in [1.165, 1.54) is 19.3 Å². The number of aliphatic carboxylic acids is 1. The Balaban J connectivity index is 1.98. The molecule has 2 aliphatic rings. The Morgan fingerprint density at radius 2 is 1.81 bits per heavy atom. The fraction of sp³-hybridized carbons (Fsp3) is 0.875. The van der Waals surface area contributed by atoms with E-state index in [2.05, 4.69) is 10.6 Å². The Morgan fingerprint density at radius 3 is 2.43 bits per heavy atom. The Labute approximate surface area is 126 Å². The second kappa shape index (κ2) is 6.77. The Kier molecular flexibility index (Phi) is 5.25. The lowest BCUT2D eigenvalue weighted by Crippen LogP contribution is -2.61. The van der Waals surface area contributed by atoms with Crippen molar-refractivity contribution in [3.05, 3.63) is 0 Å². The highest BCUT2D eigenvalue weighted by atomic mass is 16.4. The summed E-state index contributed by atoms with van der Waals surface area (Å²) >= 11 is 0. The van der Waals surface area contributed by atoms with Crippen LogP contribution < -0.4 is 10.6 Å². The minimum Gasteiger partial charge on any atom is -0.480 e. The monoisotopic (exact) mass is 296 g/mol. The summed E-state index contributed by atoms with van der Waals surface area (Å²) in [4.78, 5) is 24.0. The molecular formula is C16H28N2O3. The molecule has 5 heteroatoms. The summed E-state index contributed by atoms with van der Waals surface area (Å²) in [5.74, 6) is -0.387. The van der Waals surface area contributed by atoms with Gasteiger partial charge < -0.3 is 15.7 Å². The van der Waals surface area contributed by atoms with Gasteiger partial charge in [-0.2, -0.15) is 0 Å². The van der Waals surface area contributed by atoms with Crippen molar-refractivity contribution in [1.82, 2.24) is 10.6 Å². The number of piperidine rings is 1. The number of carboxylic acids is 1. The number of amides is 1. The number of rotatable bonds is 5. The summed E-state index contributed by atoms with van der Waals surface area (Å²) in [6.07, 6.45) is 7.63. The van der Waals surface area contributed by atoms with E-state index in [9.17, 15) is 14.7 Å². The van der Waals surface area contributed by atoms with Gasteiger partial charge in [-0.05, 0) is 44.4 Å². The van der Waals surface area contributed by atoms with Crippen LogP contribution in [0.4, 0.5) is 0 Å². The number of carboxylic acid groups (broad SMARTS) is 1. The van der Waals surface area contributed by atoms with E-state index in [4.69, 9.17) is 0 Å². The first-order valence-electron chi connectivity index (χ1n) is 8.34. The van der Waals surface area contributed by atoms with E-state index in [0.717, 1.165) is 19.3 Å². The van der Waals surface area contributed by atoms with Crippen molar-refractivity contribution in [3.63, 3.8) is 0 Å². The lowest BCUT2D eigenvalue weighted by atomic mass is 9.77. The fourth-order valence-corrected chi connectivity index (χ4v) is 3.81. The average Bonchev–Trinajstić information content (AvgIpc) is 2.51. The number of nitrogens with one attached hydrogen (secondary N) is 2. The molecule has 0 bridgehead atoms. The first kappa shape index (κ1) is 16.3. The molecule has 1 aliphatic heterocycles. The van der Waals surface area contributed by atoms with Crippen LogP contribution >= 0.6 is 0 Å². The molecule has 2 rings (SSSR count). The topological polar surface area (TPSA) is 78.4 Å². The average molecular weight is 296 g/mol. The second-order valence-electron chi connectivity index (χ2n) is 6.53. The van der Waals surface area contributed by atoms with Crippen LogP contribution in [0.3, 0.4) is 0 Å². The fourth-order valence-electron chi connectivity index (χ4n) is 3.81. The second-order valence-corrected chi connectivity index (χ2v) is 6.53. The van der Waals surface area contributed by atoms with Gasteiger partial charge in [-0.15, -0.1) is 0 Å². The minimum absolute atomic E-state index is 0.148. The lowest BCUT2D eigenvalue weighted by Gasteiger charge is -2.41. The van der Waals surface area contributed by atoms with Crippen LogP contribution in [-0.4, -0.2) is 34.6 Å². The van der Waals surface area contributed by atoms with Gasteiger partial charge in [-0.25, -0.2) is 4.79 Å².